The zero-order valence-electron chi connectivity index (χ0n) is 17.8. The second-order valence-corrected chi connectivity index (χ2v) is 8.31. The molecule has 0 saturated heterocycles. The van der Waals surface area contributed by atoms with E-state index in [1.807, 2.05) is 0 Å². The fourth-order valence-electron chi connectivity index (χ4n) is 2.49. The van der Waals surface area contributed by atoms with Crippen LogP contribution in [0.1, 0.15) is 33.1 Å². The minimum Gasteiger partial charge on any atom is -0.481 e. The highest BCUT2D eigenvalue weighted by molar-refractivity contribution is 7.98. The number of carbonyl (C=O) groups excluding carboxylic acids is 3. The highest BCUT2D eigenvalue weighted by Crippen LogP contribution is 2.08. The van der Waals surface area contributed by atoms with Gasteiger partial charge < -0.3 is 37.0 Å². The second kappa shape index (κ2) is 14.6. The molecule has 0 aliphatic carbocycles. The Hall–Kier alpha value is -2.38. The molecule has 0 aromatic rings. The number of aliphatic carboxylic acids is 2. The molecule has 0 bridgehead atoms. The van der Waals surface area contributed by atoms with Gasteiger partial charge in [-0.25, -0.2) is 4.79 Å². The summed E-state index contributed by atoms with van der Waals surface area (Å²) in [6, 6.07) is -5.20. The van der Waals surface area contributed by atoms with Gasteiger partial charge in [-0.2, -0.15) is 11.8 Å². The number of carboxylic acids is 2. The minimum atomic E-state index is -1.54. The normalized spacial score (nSPS) is 14.8. The molecule has 0 radical (unpaired) electrons. The van der Waals surface area contributed by atoms with E-state index in [0.29, 0.717) is 5.75 Å². The summed E-state index contributed by atoms with van der Waals surface area (Å²) in [5.41, 5.74) is 5.37. The lowest BCUT2D eigenvalue weighted by molar-refractivity contribution is -0.143. The highest BCUT2D eigenvalue weighted by Gasteiger charge is 2.31. The predicted octanol–water partition coefficient (Wildman–Crippen LogP) is -1.88. The zero-order chi connectivity index (χ0) is 24.1. The molecule has 178 valence electrons. The fraction of sp³-hybridized carbons (Fsp3) is 0.722. The van der Waals surface area contributed by atoms with Crippen molar-refractivity contribution >= 4 is 41.4 Å². The monoisotopic (exact) mass is 464 g/mol. The summed E-state index contributed by atoms with van der Waals surface area (Å²) < 4.78 is 0. The van der Waals surface area contributed by atoms with Gasteiger partial charge in [0, 0.05) is 0 Å². The summed E-state index contributed by atoms with van der Waals surface area (Å²) >= 11 is 1.39. The molecule has 0 aliphatic rings. The molecule has 0 fully saturated rings. The molecule has 0 spiro atoms. The van der Waals surface area contributed by atoms with Crippen molar-refractivity contribution in [2.24, 2.45) is 11.7 Å². The summed E-state index contributed by atoms with van der Waals surface area (Å²) in [5, 5.41) is 34.2. The quantitative estimate of drug-likeness (QED) is 0.143. The SMILES string of the molecule is CSCCC(NC(=O)C(CC(=O)O)NC(=O)C(N)CO)C(=O)NC(CC(C)C)C(=O)O. The van der Waals surface area contributed by atoms with Gasteiger partial charge in [-0.05, 0) is 30.8 Å². The van der Waals surface area contributed by atoms with Gasteiger partial charge in [-0.3, -0.25) is 19.2 Å². The Bertz CT molecular complexity index is 646. The van der Waals surface area contributed by atoms with Crippen LogP contribution < -0.4 is 21.7 Å². The van der Waals surface area contributed by atoms with E-state index < -0.39 is 66.9 Å². The van der Waals surface area contributed by atoms with E-state index in [-0.39, 0.29) is 18.8 Å². The van der Waals surface area contributed by atoms with Crippen molar-refractivity contribution in [2.75, 3.05) is 18.6 Å². The first-order valence-corrected chi connectivity index (χ1v) is 11.0. The molecule has 0 aromatic carbocycles. The largest absolute Gasteiger partial charge is 0.481 e. The third kappa shape index (κ3) is 11.5. The van der Waals surface area contributed by atoms with Crippen molar-refractivity contribution < 1.29 is 39.3 Å². The molecule has 3 amide bonds. The van der Waals surface area contributed by atoms with Gasteiger partial charge in [0.2, 0.25) is 17.7 Å². The summed E-state index contributed by atoms with van der Waals surface area (Å²) in [7, 11) is 0. The molecule has 8 N–H and O–H groups in total. The number of hydrogen-bond donors (Lipinski definition) is 7. The van der Waals surface area contributed by atoms with Crippen LogP contribution in [-0.4, -0.2) is 87.8 Å². The molecular weight excluding hydrogens is 432 g/mol. The third-order valence-corrected chi connectivity index (χ3v) is 4.75. The molecule has 12 nitrogen and oxygen atoms in total. The van der Waals surface area contributed by atoms with Crippen LogP contribution in [0.4, 0.5) is 0 Å². The number of carbonyl (C=O) groups is 5. The molecule has 4 atom stereocenters. The van der Waals surface area contributed by atoms with E-state index >= 15 is 0 Å². The Morgan fingerprint density at radius 2 is 1.42 bits per heavy atom. The van der Waals surface area contributed by atoms with E-state index in [2.05, 4.69) is 16.0 Å². The Morgan fingerprint density at radius 1 is 0.903 bits per heavy atom. The van der Waals surface area contributed by atoms with Crippen LogP contribution in [0.15, 0.2) is 0 Å². The van der Waals surface area contributed by atoms with E-state index in [1.54, 1.807) is 20.1 Å². The fourth-order valence-corrected chi connectivity index (χ4v) is 2.96. The van der Waals surface area contributed by atoms with E-state index in [1.165, 1.54) is 11.8 Å². The van der Waals surface area contributed by atoms with Gasteiger partial charge in [0.25, 0.3) is 0 Å². The number of nitrogens with one attached hydrogen (secondary N) is 3. The number of rotatable bonds is 15. The van der Waals surface area contributed by atoms with Crippen molar-refractivity contribution in [2.45, 2.75) is 57.3 Å². The smallest absolute Gasteiger partial charge is 0.326 e. The lowest BCUT2D eigenvalue weighted by Crippen LogP contribution is -2.58. The summed E-state index contributed by atoms with van der Waals surface area (Å²) in [6.07, 6.45) is 1.33. The molecule has 0 aliphatic heterocycles. The summed E-state index contributed by atoms with van der Waals surface area (Å²) in [4.78, 5) is 59.6. The average Bonchev–Trinajstić information content (AvgIpc) is 2.68. The molecule has 0 heterocycles. The molecule has 0 rings (SSSR count). The van der Waals surface area contributed by atoms with Crippen molar-refractivity contribution in [3.05, 3.63) is 0 Å². The molecule has 0 saturated carbocycles. The van der Waals surface area contributed by atoms with Gasteiger partial charge in [-0.15, -0.1) is 0 Å². The summed E-state index contributed by atoms with van der Waals surface area (Å²) in [5.74, 6) is -4.77. The minimum absolute atomic E-state index is 0.00784. The number of amides is 3. The predicted molar refractivity (Wildman–Crippen MR) is 113 cm³/mol. The van der Waals surface area contributed by atoms with Gasteiger partial charge in [0.15, 0.2) is 0 Å². The summed E-state index contributed by atoms with van der Waals surface area (Å²) in [6.45, 7) is 2.88. The number of aliphatic hydroxyl groups excluding tert-OH is 1. The average molecular weight is 465 g/mol. The van der Waals surface area contributed by atoms with Gasteiger partial charge in [0.1, 0.15) is 24.2 Å². The lowest BCUT2D eigenvalue weighted by atomic mass is 10.0. The second-order valence-electron chi connectivity index (χ2n) is 7.32. The number of carboxylic acid groups (broad SMARTS) is 2. The number of thioether (sulfide) groups is 1. The first-order valence-electron chi connectivity index (χ1n) is 9.63. The first-order chi connectivity index (χ1) is 14.4. The first kappa shape index (κ1) is 28.6. The molecule has 31 heavy (non-hydrogen) atoms. The molecule has 0 aromatic heterocycles. The number of hydrogen-bond acceptors (Lipinski definition) is 8. The Morgan fingerprint density at radius 3 is 1.87 bits per heavy atom. The van der Waals surface area contributed by atoms with E-state index in [0.717, 1.165) is 0 Å². The third-order valence-electron chi connectivity index (χ3n) is 4.11. The Labute approximate surface area is 184 Å². The number of aliphatic hydroxyl groups is 1. The maximum atomic E-state index is 12.6. The van der Waals surface area contributed by atoms with E-state index in [9.17, 15) is 29.1 Å². The van der Waals surface area contributed by atoms with Gasteiger partial charge in [-0.1, -0.05) is 13.8 Å². The maximum absolute atomic E-state index is 12.6. The maximum Gasteiger partial charge on any atom is 0.326 e. The Balaban J connectivity index is 5.43. The topological polar surface area (TPSA) is 208 Å². The standard InChI is InChI=1S/C18H32N4O8S/c1-9(2)6-13(18(29)30)22-16(27)11(4-5-31-3)20-17(28)12(7-14(24)25)21-15(26)10(19)8-23/h9-13,23H,4-8,19H2,1-3H3,(H,20,28)(H,21,26)(H,22,27)(H,24,25)(H,29,30). The van der Waals surface area contributed by atoms with Crippen LogP contribution >= 0.6 is 11.8 Å². The molecular formula is C18H32N4O8S. The van der Waals surface area contributed by atoms with Gasteiger partial charge in [0.05, 0.1) is 13.0 Å². The molecule has 13 heteroatoms. The van der Waals surface area contributed by atoms with Crippen LogP contribution in [0.3, 0.4) is 0 Å². The number of nitrogens with two attached hydrogens (primary N) is 1. The highest BCUT2D eigenvalue weighted by atomic mass is 32.2. The zero-order valence-corrected chi connectivity index (χ0v) is 18.6. The Kier molecular flexibility index (Phi) is 13.5. The van der Waals surface area contributed by atoms with E-state index in [4.69, 9.17) is 15.9 Å². The van der Waals surface area contributed by atoms with Crippen LogP contribution in [0.5, 0.6) is 0 Å². The lowest BCUT2D eigenvalue weighted by Gasteiger charge is -2.25. The van der Waals surface area contributed by atoms with Crippen LogP contribution in [-0.2, 0) is 24.0 Å². The molecule has 4 unspecified atom stereocenters. The van der Waals surface area contributed by atoms with Gasteiger partial charge >= 0.3 is 11.9 Å². The van der Waals surface area contributed by atoms with Crippen LogP contribution in [0.2, 0.25) is 0 Å². The van der Waals surface area contributed by atoms with Crippen molar-refractivity contribution in [1.82, 2.24) is 16.0 Å². The van der Waals surface area contributed by atoms with Crippen molar-refractivity contribution in [3.8, 4) is 0 Å². The van der Waals surface area contributed by atoms with Crippen molar-refractivity contribution in [1.29, 1.82) is 0 Å². The van der Waals surface area contributed by atoms with Crippen LogP contribution in [0, 0.1) is 5.92 Å². The van der Waals surface area contributed by atoms with Crippen molar-refractivity contribution in [3.63, 3.8) is 0 Å². The van der Waals surface area contributed by atoms with Crippen LogP contribution in [0.25, 0.3) is 0 Å².